The van der Waals surface area contributed by atoms with Crippen LogP contribution in [0.2, 0.25) is 0 Å². The first-order chi connectivity index (χ1) is 17.5. The number of nitrogens with one attached hydrogen (secondary N) is 1. The SMILES string of the molecule is CCCCOCCCN1CC(=O)N2C(c3ccc(C(C)C)cc3)c3[nH]c4ccccc4c3C[C@H]2C1=O. The third kappa shape index (κ3) is 4.55. The third-order valence-electron chi connectivity index (χ3n) is 7.62. The Kier molecular flexibility index (Phi) is 7.15. The molecule has 1 aromatic heterocycles. The number of carbonyl (C=O) groups excluding carboxylic acids is 2. The van der Waals surface area contributed by atoms with Crippen molar-refractivity contribution < 1.29 is 14.3 Å². The predicted molar refractivity (Wildman–Crippen MR) is 142 cm³/mol. The van der Waals surface area contributed by atoms with Gasteiger partial charge in [-0.1, -0.05) is 69.7 Å². The minimum atomic E-state index is -0.492. The number of hydrogen-bond acceptors (Lipinski definition) is 3. The summed E-state index contributed by atoms with van der Waals surface area (Å²) >= 11 is 0. The minimum absolute atomic E-state index is 0.00810. The maximum absolute atomic E-state index is 13.7. The first-order valence-corrected chi connectivity index (χ1v) is 13.4. The maximum atomic E-state index is 13.7. The molecule has 6 heteroatoms. The molecule has 1 fully saturated rings. The number of aromatic amines is 1. The monoisotopic (exact) mass is 487 g/mol. The van der Waals surface area contributed by atoms with Crippen molar-refractivity contribution in [1.29, 1.82) is 0 Å². The molecular formula is C30H37N3O3. The number of hydrogen-bond donors (Lipinski definition) is 1. The summed E-state index contributed by atoms with van der Waals surface area (Å²) in [7, 11) is 0. The van der Waals surface area contributed by atoms with Gasteiger partial charge in [0.25, 0.3) is 0 Å². The molecule has 36 heavy (non-hydrogen) atoms. The molecule has 1 N–H and O–H groups in total. The number of benzene rings is 2. The molecule has 1 unspecified atom stereocenters. The molecule has 2 atom stereocenters. The van der Waals surface area contributed by atoms with Gasteiger partial charge in [-0.15, -0.1) is 0 Å². The summed E-state index contributed by atoms with van der Waals surface area (Å²) < 4.78 is 5.68. The molecule has 2 aliphatic heterocycles. The van der Waals surface area contributed by atoms with Crippen LogP contribution in [0.25, 0.3) is 10.9 Å². The molecule has 3 aromatic rings. The molecule has 1 saturated heterocycles. The second kappa shape index (κ2) is 10.5. The number of fused-ring (bicyclic) bond motifs is 4. The van der Waals surface area contributed by atoms with Gasteiger partial charge < -0.3 is 19.5 Å². The second-order valence-corrected chi connectivity index (χ2v) is 10.4. The van der Waals surface area contributed by atoms with Gasteiger partial charge in [-0.05, 0) is 41.5 Å². The highest BCUT2D eigenvalue weighted by Crippen LogP contribution is 2.42. The number of unbranched alkanes of at least 4 members (excludes halogenated alkanes) is 1. The van der Waals surface area contributed by atoms with Crippen LogP contribution in [-0.4, -0.2) is 58.9 Å². The molecule has 0 aliphatic carbocycles. The number of aromatic nitrogens is 1. The van der Waals surface area contributed by atoms with E-state index in [4.69, 9.17) is 4.74 Å². The van der Waals surface area contributed by atoms with Crippen LogP contribution in [0.5, 0.6) is 0 Å². The van der Waals surface area contributed by atoms with Crippen LogP contribution in [0.4, 0.5) is 0 Å². The second-order valence-electron chi connectivity index (χ2n) is 10.4. The van der Waals surface area contributed by atoms with Gasteiger partial charge >= 0.3 is 0 Å². The molecule has 3 heterocycles. The molecule has 190 valence electrons. The predicted octanol–water partition coefficient (Wildman–Crippen LogP) is 5.18. The van der Waals surface area contributed by atoms with E-state index in [1.165, 1.54) is 5.56 Å². The Hall–Kier alpha value is -3.12. The Morgan fingerprint density at radius 2 is 1.78 bits per heavy atom. The van der Waals surface area contributed by atoms with Crippen LogP contribution in [0.3, 0.4) is 0 Å². The van der Waals surface area contributed by atoms with Crippen molar-refractivity contribution in [1.82, 2.24) is 14.8 Å². The average molecular weight is 488 g/mol. The topological polar surface area (TPSA) is 65.6 Å². The first-order valence-electron chi connectivity index (χ1n) is 13.4. The standard InChI is InChI=1S/C30H37N3O3/c1-4-5-16-36-17-8-15-32-19-27(34)33-26(30(32)35)18-24-23-9-6-7-10-25(23)31-28(24)29(33)22-13-11-21(12-14-22)20(2)3/h6-7,9-14,20,26,29,31H,4-5,8,15-19H2,1-3H3/t26-,29?/m0/s1. The van der Waals surface area contributed by atoms with Gasteiger partial charge in [-0.2, -0.15) is 0 Å². The zero-order valence-electron chi connectivity index (χ0n) is 21.6. The zero-order chi connectivity index (χ0) is 25.2. The van der Waals surface area contributed by atoms with Crippen LogP contribution in [-0.2, 0) is 20.7 Å². The molecule has 2 aromatic carbocycles. The van der Waals surface area contributed by atoms with Crippen molar-refractivity contribution in [2.75, 3.05) is 26.3 Å². The van der Waals surface area contributed by atoms with Crippen molar-refractivity contribution in [2.45, 2.75) is 64.5 Å². The molecule has 2 amide bonds. The molecule has 5 rings (SSSR count). The number of carbonyl (C=O) groups is 2. The fraction of sp³-hybridized carbons (Fsp3) is 0.467. The summed E-state index contributed by atoms with van der Waals surface area (Å²) in [5.41, 5.74) is 5.53. The van der Waals surface area contributed by atoms with Crippen molar-refractivity contribution in [3.63, 3.8) is 0 Å². The summed E-state index contributed by atoms with van der Waals surface area (Å²) in [5, 5.41) is 1.14. The summed E-state index contributed by atoms with van der Waals surface area (Å²) in [6, 6.07) is 16.0. The summed E-state index contributed by atoms with van der Waals surface area (Å²) in [6.07, 6.45) is 3.43. The van der Waals surface area contributed by atoms with Crippen LogP contribution >= 0.6 is 0 Å². The molecular weight excluding hydrogens is 450 g/mol. The van der Waals surface area contributed by atoms with Crippen molar-refractivity contribution in [3.8, 4) is 0 Å². The number of H-pyrrole nitrogens is 1. The Morgan fingerprint density at radius 3 is 2.53 bits per heavy atom. The number of para-hydroxylation sites is 1. The largest absolute Gasteiger partial charge is 0.381 e. The van der Waals surface area contributed by atoms with E-state index < -0.39 is 6.04 Å². The van der Waals surface area contributed by atoms with Gasteiger partial charge in [0.1, 0.15) is 6.04 Å². The maximum Gasteiger partial charge on any atom is 0.246 e. The number of ether oxygens (including phenoxy) is 1. The number of amides is 2. The number of nitrogens with zero attached hydrogens (tertiary/aromatic N) is 2. The fourth-order valence-corrected chi connectivity index (χ4v) is 5.63. The van der Waals surface area contributed by atoms with Gasteiger partial charge in [-0.3, -0.25) is 9.59 Å². The van der Waals surface area contributed by atoms with Gasteiger partial charge in [0.15, 0.2) is 0 Å². The van der Waals surface area contributed by atoms with E-state index in [1.807, 2.05) is 17.0 Å². The molecule has 0 radical (unpaired) electrons. The minimum Gasteiger partial charge on any atom is -0.381 e. The lowest BCUT2D eigenvalue weighted by Crippen LogP contribution is -2.63. The van der Waals surface area contributed by atoms with Crippen molar-refractivity contribution >= 4 is 22.7 Å². The van der Waals surface area contributed by atoms with Crippen molar-refractivity contribution in [3.05, 3.63) is 70.9 Å². The fourth-order valence-electron chi connectivity index (χ4n) is 5.63. The first kappa shape index (κ1) is 24.6. The van der Waals surface area contributed by atoms with Crippen LogP contribution in [0.15, 0.2) is 48.5 Å². The number of rotatable bonds is 9. The highest BCUT2D eigenvalue weighted by Gasteiger charge is 2.48. The molecule has 0 spiro atoms. The smallest absolute Gasteiger partial charge is 0.246 e. The lowest BCUT2D eigenvalue weighted by atomic mass is 9.85. The summed E-state index contributed by atoms with van der Waals surface area (Å²) in [4.78, 5) is 34.6. The summed E-state index contributed by atoms with van der Waals surface area (Å²) in [6.45, 7) is 8.54. The molecule has 0 saturated carbocycles. The molecule has 0 bridgehead atoms. The average Bonchev–Trinajstić information content (AvgIpc) is 3.26. The Balaban J connectivity index is 1.46. The van der Waals surface area contributed by atoms with Crippen molar-refractivity contribution in [2.24, 2.45) is 0 Å². The lowest BCUT2D eigenvalue weighted by molar-refractivity contribution is -0.158. The van der Waals surface area contributed by atoms with E-state index in [2.05, 4.69) is 62.2 Å². The van der Waals surface area contributed by atoms with Gasteiger partial charge in [0, 0.05) is 42.8 Å². The van der Waals surface area contributed by atoms with E-state index in [0.717, 1.165) is 53.6 Å². The third-order valence-corrected chi connectivity index (χ3v) is 7.62. The van der Waals surface area contributed by atoms with Gasteiger partial charge in [0.2, 0.25) is 11.8 Å². The quantitative estimate of drug-likeness (QED) is 0.423. The van der Waals surface area contributed by atoms with Crippen LogP contribution in [0.1, 0.15) is 74.4 Å². The van der Waals surface area contributed by atoms with E-state index in [9.17, 15) is 9.59 Å². The normalized spacial score (nSPS) is 19.8. The van der Waals surface area contributed by atoms with Gasteiger partial charge in [-0.25, -0.2) is 0 Å². The Labute approximate surface area is 213 Å². The lowest BCUT2D eigenvalue weighted by Gasteiger charge is -2.47. The molecule has 2 aliphatic rings. The number of piperazine rings is 1. The summed E-state index contributed by atoms with van der Waals surface area (Å²) in [5.74, 6) is 0.483. The highest BCUT2D eigenvalue weighted by atomic mass is 16.5. The van der Waals surface area contributed by atoms with Gasteiger partial charge in [0.05, 0.1) is 12.6 Å². The van der Waals surface area contributed by atoms with E-state index >= 15 is 0 Å². The van der Waals surface area contributed by atoms with Crippen LogP contribution in [0, 0.1) is 0 Å². The van der Waals surface area contributed by atoms with E-state index in [-0.39, 0.29) is 24.4 Å². The Bertz CT molecular complexity index is 1230. The van der Waals surface area contributed by atoms with Crippen LogP contribution < -0.4 is 0 Å². The van der Waals surface area contributed by atoms with E-state index in [1.54, 1.807) is 4.90 Å². The Morgan fingerprint density at radius 1 is 1.03 bits per heavy atom. The van der Waals surface area contributed by atoms with E-state index in [0.29, 0.717) is 25.5 Å². The zero-order valence-corrected chi connectivity index (χ0v) is 21.6. The molecule has 6 nitrogen and oxygen atoms in total. The highest BCUT2D eigenvalue weighted by molar-refractivity contribution is 5.97.